The Labute approximate surface area is 106 Å². The maximum Gasteiger partial charge on any atom is 0.335 e. The first-order valence-corrected chi connectivity index (χ1v) is 5.74. The van der Waals surface area contributed by atoms with Crippen LogP contribution >= 0.6 is 0 Å². The van der Waals surface area contributed by atoms with Crippen LogP contribution in [0.3, 0.4) is 0 Å². The average molecular weight is 250 g/mol. The molecule has 0 bridgehead atoms. The summed E-state index contributed by atoms with van der Waals surface area (Å²) >= 11 is 0. The molecule has 0 aromatic heterocycles. The van der Waals surface area contributed by atoms with Gasteiger partial charge in [-0.25, -0.2) is 9.59 Å². The fraction of sp³-hybridized carbons (Fsp3) is 0.385. The fourth-order valence-electron chi connectivity index (χ4n) is 1.35. The van der Waals surface area contributed by atoms with Crippen LogP contribution in [0.4, 0.5) is 4.79 Å². The summed E-state index contributed by atoms with van der Waals surface area (Å²) in [4.78, 5) is 24.1. The molecule has 0 atom stereocenters. The van der Waals surface area contributed by atoms with Gasteiger partial charge >= 0.3 is 12.0 Å². The summed E-state index contributed by atoms with van der Waals surface area (Å²) in [5, 5.41) is 11.6. The Kier molecular flexibility index (Phi) is 4.71. The van der Waals surface area contributed by atoms with Crippen LogP contribution in [0.1, 0.15) is 29.8 Å². The van der Waals surface area contributed by atoms with Crippen LogP contribution in [0, 0.1) is 0 Å². The molecule has 0 aliphatic carbocycles. The predicted molar refractivity (Wildman–Crippen MR) is 68.5 cm³/mol. The lowest BCUT2D eigenvalue weighted by Crippen LogP contribution is -2.40. The Hall–Kier alpha value is -2.04. The van der Waals surface area contributed by atoms with Gasteiger partial charge in [-0.3, -0.25) is 0 Å². The van der Waals surface area contributed by atoms with E-state index in [9.17, 15) is 9.59 Å². The maximum absolute atomic E-state index is 11.7. The lowest BCUT2D eigenvalue weighted by atomic mass is 10.1. The van der Waals surface area contributed by atoms with Crippen molar-refractivity contribution in [1.82, 2.24) is 10.2 Å². The van der Waals surface area contributed by atoms with Gasteiger partial charge in [0.05, 0.1) is 5.56 Å². The number of nitrogens with zero attached hydrogens (tertiary/aromatic N) is 1. The summed E-state index contributed by atoms with van der Waals surface area (Å²) in [6, 6.07) is 6.46. The zero-order valence-corrected chi connectivity index (χ0v) is 10.8. The Balaban J connectivity index is 2.61. The van der Waals surface area contributed by atoms with Crippen molar-refractivity contribution in [3.8, 4) is 0 Å². The molecular weight excluding hydrogens is 232 g/mol. The van der Waals surface area contributed by atoms with Gasteiger partial charge in [0, 0.05) is 19.6 Å². The molecule has 0 radical (unpaired) electrons. The molecule has 0 saturated carbocycles. The molecule has 1 aromatic carbocycles. The molecule has 2 amide bonds. The highest BCUT2D eigenvalue weighted by Gasteiger charge is 2.11. The van der Waals surface area contributed by atoms with Crippen LogP contribution in [0.2, 0.25) is 0 Å². The predicted octanol–water partition coefficient (Wildman–Crippen LogP) is 1.93. The normalized spacial score (nSPS) is 10.2. The molecular formula is C13H18N2O3. The van der Waals surface area contributed by atoms with Crippen molar-refractivity contribution in [3.05, 3.63) is 35.4 Å². The monoisotopic (exact) mass is 250 g/mol. The number of urea groups is 1. The standard InChI is InChI=1S/C13H18N2O3/c1-9(2)15(3)13(18)14-8-10-5-4-6-11(7-10)12(16)17/h4-7,9H,8H2,1-3H3,(H,14,18)(H,16,17). The molecule has 1 rings (SSSR count). The number of nitrogens with one attached hydrogen (secondary N) is 1. The minimum absolute atomic E-state index is 0.121. The van der Waals surface area contributed by atoms with Crippen LogP contribution in [0.25, 0.3) is 0 Å². The molecule has 18 heavy (non-hydrogen) atoms. The smallest absolute Gasteiger partial charge is 0.335 e. The van der Waals surface area contributed by atoms with Crippen molar-refractivity contribution in [2.75, 3.05) is 7.05 Å². The Morgan fingerprint density at radius 3 is 2.61 bits per heavy atom. The van der Waals surface area contributed by atoms with E-state index in [0.29, 0.717) is 6.54 Å². The fourth-order valence-corrected chi connectivity index (χ4v) is 1.35. The largest absolute Gasteiger partial charge is 0.478 e. The number of carboxylic acid groups (broad SMARTS) is 1. The molecule has 0 unspecified atom stereocenters. The third-order valence-corrected chi connectivity index (χ3v) is 2.71. The molecule has 0 aliphatic rings. The molecule has 0 saturated heterocycles. The quantitative estimate of drug-likeness (QED) is 0.858. The first-order valence-electron chi connectivity index (χ1n) is 5.74. The van der Waals surface area contributed by atoms with E-state index in [1.807, 2.05) is 13.8 Å². The molecule has 5 nitrogen and oxygen atoms in total. The molecule has 0 spiro atoms. The first kappa shape index (κ1) is 14.0. The van der Waals surface area contributed by atoms with Crippen LogP contribution < -0.4 is 5.32 Å². The number of hydrogen-bond acceptors (Lipinski definition) is 2. The average Bonchev–Trinajstić information content (AvgIpc) is 2.35. The molecule has 2 N–H and O–H groups in total. The molecule has 0 heterocycles. The Morgan fingerprint density at radius 1 is 1.39 bits per heavy atom. The summed E-state index contributed by atoms with van der Waals surface area (Å²) in [7, 11) is 1.72. The zero-order valence-electron chi connectivity index (χ0n) is 10.8. The number of carbonyl (C=O) groups excluding carboxylic acids is 1. The summed E-state index contributed by atoms with van der Waals surface area (Å²) < 4.78 is 0. The minimum atomic E-state index is -0.970. The van der Waals surface area contributed by atoms with Crippen molar-refractivity contribution in [3.63, 3.8) is 0 Å². The topological polar surface area (TPSA) is 69.6 Å². The van der Waals surface area contributed by atoms with Gasteiger partial charge in [0.1, 0.15) is 0 Å². The molecule has 1 aromatic rings. The number of amides is 2. The van der Waals surface area contributed by atoms with Gasteiger partial charge < -0.3 is 15.3 Å². The highest BCUT2D eigenvalue weighted by Crippen LogP contribution is 2.05. The third kappa shape index (κ3) is 3.76. The van der Waals surface area contributed by atoms with Gasteiger partial charge in [-0.05, 0) is 31.5 Å². The van der Waals surface area contributed by atoms with E-state index in [1.54, 1.807) is 30.1 Å². The van der Waals surface area contributed by atoms with Gasteiger partial charge in [-0.1, -0.05) is 12.1 Å². The second kappa shape index (κ2) is 6.05. The van der Waals surface area contributed by atoms with Crippen LogP contribution in [-0.2, 0) is 6.54 Å². The van der Waals surface area contributed by atoms with Gasteiger partial charge in [0.25, 0.3) is 0 Å². The van der Waals surface area contributed by atoms with Gasteiger partial charge in [0.15, 0.2) is 0 Å². The van der Waals surface area contributed by atoms with E-state index in [1.165, 1.54) is 6.07 Å². The third-order valence-electron chi connectivity index (χ3n) is 2.71. The number of aromatic carboxylic acids is 1. The van der Waals surface area contributed by atoms with E-state index in [2.05, 4.69) is 5.32 Å². The maximum atomic E-state index is 11.7. The van der Waals surface area contributed by atoms with Crippen molar-refractivity contribution in [1.29, 1.82) is 0 Å². The minimum Gasteiger partial charge on any atom is -0.478 e. The van der Waals surface area contributed by atoms with Gasteiger partial charge in [-0.15, -0.1) is 0 Å². The van der Waals surface area contributed by atoms with Crippen LogP contribution in [0.5, 0.6) is 0 Å². The summed E-state index contributed by atoms with van der Waals surface area (Å²) in [5.74, 6) is -0.970. The Morgan fingerprint density at radius 2 is 2.06 bits per heavy atom. The van der Waals surface area contributed by atoms with E-state index in [0.717, 1.165) is 5.56 Å². The van der Waals surface area contributed by atoms with Gasteiger partial charge in [-0.2, -0.15) is 0 Å². The van der Waals surface area contributed by atoms with Crippen LogP contribution in [0.15, 0.2) is 24.3 Å². The summed E-state index contributed by atoms with van der Waals surface area (Å²) in [6.45, 7) is 4.16. The number of carbonyl (C=O) groups is 2. The summed E-state index contributed by atoms with van der Waals surface area (Å²) in [5.41, 5.74) is 0.986. The van der Waals surface area contributed by atoms with Crippen LogP contribution in [-0.4, -0.2) is 35.1 Å². The van der Waals surface area contributed by atoms with E-state index < -0.39 is 5.97 Å². The Bertz CT molecular complexity index is 444. The second-order valence-corrected chi connectivity index (χ2v) is 4.37. The molecule has 0 aliphatic heterocycles. The number of hydrogen-bond donors (Lipinski definition) is 2. The molecule has 5 heteroatoms. The molecule has 98 valence electrons. The van der Waals surface area contributed by atoms with Crippen molar-refractivity contribution >= 4 is 12.0 Å². The SMILES string of the molecule is CC(C)N(C)C(=O)NCc1cccc(C(=O)O)c1. The number of rotatable bonds is 4. The highest BCUT2D eigenvalue weighted by atomic mass is 16.4. The zero-order chi connectivity index (χ0) is 13.7. The first-order chi connectivity index (χ1) is 8.41. The summed E-state index contributed by atoms with van der Waals surface area (Å²) in [6.07, 6.45) is 0. The van der Waals surface area contributed by atoms with E-state index in [-0.39, 0.29) is 17.6 Å². The second-order valence-electron chi connectivity index (χ2n) is 4.37. The lowest BCUT2D eigenvalue weighted by molar-refractivity contribution is 0.0696. The highest BCUT2D eigenvalue weighted by molar-refractivity contribution is 5.87. The van der Waals surface area contributed by atoms with Gasteiger partial charge in [0.2, 0.25) is 0 Å². The van der Waals surface area contributed by atoms with Crippen molar-refractivity contribution < 1.29 is 14.7 Å². The lowest BCUT2D eigenvalue weighted by Gasteiger charge is -2.21. The van der Waals surface area contributed by atoms with Crippen molar-refractivity contribution in [2.45, 2.75) is 26.4 Å². The number of benzene rings is 1. The van der Waals surface area contributed by atoms with Crippen molar-refractivity contribution in [2.24, 2.45) is 0 Å². The number of carboxylic acids is 1. The van der Waals surface area contributed by atoms with E-state index in [4.69, 9.17) is 5.11 Å². The van der Waals surface area contributed by atoms with E-state index >= 15 is 0 Å². The molecule has 0 fully saturated rings.